The summed E-state index contributed by atoms with van der Waals surface area (Å²) in [6, 6.07) is 14.4. The van der Waals surface area contributed by atoms with Crippen molar-refractivity contribution >= 4 is 17.3 Å². The molecule has 0 aromatic heterocycles. The van der Waals surface area contributed by atoms with Crippen LogP contribution in [0.2, 0.25) is 0 Å². The predicted octanol–water partition coefficient (Wildman–Crippen LogP) is 4.55. The Morgan fingerprint density at radius 2 is 1.46 bits per heavy atom. The average molecular weight is 460 g/mol. The van der Waals surface area contributed by atoms with Gasteiger partial charge in [-0.3, -0.25) is 0 Å². The molecule has 0 saturated carbocycles. The maximum Gasteiger partial charge on any atom is 3.00 e. The Hall–Kier alpha value is -1.41. The minimum absolute atomic E-state index is 0. The molecule has 28 heavy (non-hydrogen) atoms. The van der Waals surface area contributed by atoms with E-state index in [1.165, 1.54) is 37.7 Å². The Bertz CT molecular complexity index is 951. The Kier molecular flexibility index (Phi) is 11.6. The molecule has 0 bridgehead atoms. The molecule has 0 unspecified atom stereocenters. The van der Waals surface area contributed by atoms with Crippen LogP contribution in [0.4, 0.5) is 5.69 Å². The minimum atomic E-state index is 0. The number of hydrogen-bond donors (Lipinski definition) is 1. The minimum Gasteiger partial charge on any atom is -0.668 e. The van der Waals surface area contributed by atoms with Crippen LogP contribution in [0.15, 0.2) is 30.3 Å². The molecule has 0 saturated heterocycles. The zero-order valence-corrected chi connectivity index (χ0v) is 20.8. The molecule has 3 nitrogen and oxygen atoms in total. The van der Waals surface area contributed by atoms with Gasteiger partial charge in [-0.15, -0.1) is 28.5 Å². The summed E-state index contributed by atoms with van der Waals surface area (Å²) in [6.45, 7) is 10.9. The number of nitrogens with zero attached hydrogens (tertiary/aromatic N) is 2. The van der Waals surface area contributed by atoms with Gasteiger partial charge in [0.25, 0.3) is 0 Å². The van der Waals surface area contributed by atoms with Gasteiger partial charge < -0.3 is 16.0 Å². The molecule has 1 radical (unpaired) electrons. The first-order chi connectivity index (χ1) is 12.7. The van der Waals surface area contributed by atoms with Crippen LogP contribution in [0.1, 0.15) is 40.2 Å². The molecule has 0 aliphatic heterocycles. The maximum atomic E-state index is 3.63. The van der Waals surface area contributed by atoms with Gasteiger partial charge in [0, 0.05) is 5.54 Å². The normalized spacial score (nSPS) is 10.6. The van der Waals surface area contributed by atoms with Crippen LogP contribution >= 0.6 is 0 Å². The summed E-state index contributed by atoms with van der Waals surface area (Å²) >= 11 is 0. The molecule has 0 heterocycles. The first-order valence-electron chi connectivity index (χ1n) is 9.27. The van der Waals surface area contributed by atoms with Gasteiger partial charge in [0.1, 0.15) is 0 Å². The molecule has 3 rings (SSSR count). The first-order valence-corrected chi connectivity index (χ1v) is 9.27. The standard InChI is InChI=1S/C20H22N.2C2H6N.Mo/c1-13(2)17-11-15-10-14-8-6-7-9-16(14)18(15)12-19(17)21-20(3,4)5;2*1-3-2;/h6-10,12,21H,1-5H3;2*1-2H3;/q3*-1;+3. The number of anilines is 1. The number of benzene rings is 2. The Balaban J connectivity index is 0.000000930. The summed E-state index contributed by atoms with van der Waals surface area (Å²) in [5.41, 5.74) is 3.70. The van der Waals surface area contributed by atoms with Crippen molar-refractivity contribution in [2.75, 3.05) is 33.5 Å². The van der Waals surface area contributed by atoms with Gasteiger partial charge in [0.2, 0.25) is 0 Å². The van der Waals surface area contributed by atoms with Crippen molar-refractivity contribution < 1.29 is 21.1 Å². The van der Waals surface area contributed by atoms with Gasteiger partial charge in [-0.2, -0.15) is 28.2 Å². The number of hydrogen-bond acceptors (Lipinski definition) is 1. The molecule has 151 valence electrons. The summed E-state index contributed by atoms with van der Waals surface area (Å²) in [4.78, 5) is 0. The van der Waals surface area contributed by atoms with E-state index < -0.39 is 0 Å². The third-order valence-electron chi connectivity index (χ3n) is 3.67. The largest absolute Gasteiger partial charge is 3.00 e. The van der Waals surface area contributed by atoms with Gasteiger partial charge in [-0.1, -0.05) is 59.8 Å². The summed E-state index contributed by atoms with van der Waals surface area (Å²) in [5, 5.41) is 15.7. The molecule has 2 aromatic rings. The SMILES string of the molecule is CC(C)=c1[c-]c2c(cc1NC(C)(C)C)=c1ccccc1=C2.C[N-]C.C[N-]C.[Mo+3]. The molecule has 1 aliphatic carbocycles. The van der Waals surface area contributed by atoms with Gasteiger partial charge >= 0.3 is 21.1 Å². The van der Waals surface area contributed by atoms with Crippen LogP contribution in [0.3, 0.4) is 0 Å². The zero-order chi connectivity index (χ0) is 20.6. The van der Waals surface area contributed by atoms with Crippen molar-refractivity contribution in [1.29, 1.82) is 0 Å². The van der Waals surface area contributed by atoms with E-state index in [2.05, 4.69) is 93.0 Å². The van der Waals surface area contributed by atoms with E-state index in [-0.39, 0.29) is 26.6 Å². The smallest absolute Gasteiger partial charge is 0.668 e. The summed E-state index contributed by atoms with van der Waals surface area (Å²) in [5.74, 6) is 0. The van der Waals surface area contributed by atoms with E-state index in [0.29, 0.717) is 0 Å². The predicted molar refractivity (Wildman–Crippen MR) is 121 cm³/mol. The van der Waals surface area contributed by atoms with Crippen molar-refractivity contribution in [3.05, 3.63) is 73.5 Å². The summed E-state index contributed by atoms with van der Waals surface area (Å²) in [7, 11) is 7.00. The van der Waals surface area contributed by atoms with Gasteiger partial charge in [-0.25, -0.2) is 0 Å². The van der Waals surface area contributed by atoms with Crippen molar-refractivity contribution in [3.8, 4) is 0 Å². The topological polar surface area (TPSA) is 40.2 Å². The van der Waals surface area contributed by atoms with Crippen LogP contribution in [0.5, 0.6) is 0 Å². The van der Waals surface area contributed by atoms with Crippen LogP contribution in [0, 0.1) is 16.5 Å². The van der Waals surface area contributed by atoms with Crippen molar-refractivity contribution in [3.63, 3.8) is 0 Å². The van der Waals surface area contributed by atoms with Gasteiger partial charge in [0.05, 0.1) is 0 Å². The third-order valence-corrected chi connectivity index (χ3v) is 3.67. The molecule has 1 N–H and O–H groups in total. The van der Waals surface area contributed by atoms with Crippen molar-refractivity contribution in [1.82, 2.24) is 0 Å². The fraction of sp³-hybridized carbons (Fsp3) is 0.417. The fourth-order valence-corrected chi connectivity index (χ4v) is 2.82. The molecule has 1 aliphatic rings. The second kappa shape index (κ2) is 12.2. The van der Waals surface area contributed by atoms with Crippen LogP contribution in [-0.4, -0.2) is 33.7 Å². The Morgan fingerprint density at radius 3 is 1.96 bits per heavy atom. The fourth-order valence-electron chi connectivity index (χ4n) is 2.82. The molecule has 0 atom stereocenters. The summed E-state index contributed by atoms with van der Waals surface area (Å²) < 4.78 is 0. The zero-order valence-electron chi connectivity index (χ0n) is 18.8. The van der Waals surface area contributed by atoms with E-state index in [1.807, 2.05) is 0 Å². The Labute approximate surface area is 185 Å². The molecule has 0 spiro atoms. The van der Waals surface area contributed by atoms with Gasteiger partial charge in [-0.05, 0) is 26.5 Å². The van der Waals surface area contributed by atoms with Crippen molar-refractivity contribution in [2.24, 2.45) is 0 Å². The maximum absolute atomic E-state index is 3.63. The first kappa shape index (κ1) is 26.6. The van der Waals surface area contributed by atoms with E-state index in [4.69, 9.17) is 0 Å². The number of rotatable bonds is 1. The quantitative estimate of drug-likeness (QED) is 0.420. The van der Waals surface area contributed by atoms with Gasteiger partial charge in [0.15, 0.2) is 0 Å². The molecular weight excluding hydrogens is 426 g/mol. The molecule has 2 aromatic carbocycles. The second-order valence-corrected chi connectivity index (χ2v) is 7.89. The number of nitrogens with one attached hydrogen (secondary N) is 1. The van der Waals surface area contributed by atoms with E-state index in [9.17, 15) is 0 Å². The Morgan fingerprint density at radius 1 is 0.929 bits per heavy atom. The number of fused-ring (bicyclic) bond motifs is 2. The monoisotopic (exact) mass is 462 g/mol. The van der Waals surface area contributed by atoms with Crippen LogP contribution in [0.25, 0.3) is 22.3 Å². The molecule has 0 amide bonds. The molecular formula is C24H34MoN3. The van der Waals surface area contributed by atoms with E-state index in [1.54, 1.807) is 28.2 Å². The average Bonchev–Trinajstić information content (AvgIpc) is 2.92. The van der Waals surface area contributed by atoms with E-state index in [0.717, 1.165) is 0 Å². The van der Waals surface area contributed by atoms with Crippen LogP contribution < -0.4 is 15.8 Å². The third kappa shape index (κ3) is 7.54. The molecule has 0 fully saturated rings. The summed E-state index contributed by atoms with van der Waals surface area (Å²) in [6.07, 6.45) is 2.23. The van der Waals surface area contributed by atoms with Crippen molar-refractivity contribution in [2.45, 2.75) is 40.2 Å². The molecule has 4 heteroatoms. The van der Waals surface area contributed by atoms with Crippen LogP contribution in [-0.2, 0) is 21.1 Å². The second-order valence-electron chi connectivity index (χ2n) is 7.89. The van der Waals surface area contributed by atoms with E-state index >= 15 is 0 Å².